The van der Waals surface area contributed by atoms with Crippen LogP contribution in [0.4, 0.5) is 13.2 Å². The second-order valence-electron chi connectivity index (χ2n) is 4.22. The van der Waals surface area contributed by atoms with Gasteiger partial charge in [-0.15, -0.1) is 0 Å². The number of halogens is 3. The molecule has 0 aliphatic carbocycles. The molecule has 2 unspecified atom stereocenters. The van der Waals surface area contributed by atoms with Crippen LogP contribution in [0.15, 0.2) is 0 Å². The Balaban J connectivity index is 4.20. The number of methoxy groups -OCH3 is 1. The van der Waals surface area contributed by atoms with Crippen molar-refractivity contribution in [1.29, 1.82) is 0 Å². The minimum absolute atomic E-state index is 0.0511. The summed E-state index contributed by atoms with van der Waals surface area (Å²) in [6.45, 7) is 3.89. The Bertz CT molecular complexity index is 190. The SMILES string of the molecule is CCC(C)(OC)C(CCCC(F)(F)F)NC. The third-order valence-electron chi connectivity index (χ3n) is 3.21. The molecule has 5 heteroatoms. The van der Waals surface area contributed by atoms with E-state index in [4.69, 9.17) is 4.74 Å². The molecule has 0 rings (SSSR count). The van der Waals surface area contributed by atoms with Gasteiger partial charge in [0.1, 0.15) is 0 Å². The van der Waals surface area contributed by atoms with Gasteiger partial charge < -0.3 is 10.1 Å². The third kappa shape index (κ3) is 5.16. The van der Waals surface area contributed by atoms with Crippen LogP contribution in [-0.4, -0.2) is 32.0 Å². The zero-order chi connectivity index (χ0) is 12.8. The number of alkyl halides is 3. The van der Waals surface area contributed by atoms with Gasteiger partial charge in [-0.25, -0.2) is 0 Å². The van der Waals surface area contributed by atoms with Crippen molar-refractivity contribution in [2.24, 2.45) is 0 Å². The van der Waals surface area contributed by atoms with Crippen molar-refractivity contribution in [3.8, 4) is 0 Å². The molecule has 0 amide bonds. The summed E-state index contributed by atoms with van der Waals surface area (Å²) in [4.78, 5) is 0. The van der Waals surface area contributed by atoms with E-state index in [1.54, 1.807) is 14.2 Å². The van der Waals surface area contributed by atoms with E-state index in [1.165, 1.54) is 0 Å². The van der Waals surface area contributed by atoms with Crippen molar-refractivity contribution in [3.63, 3.8) is 0 Å². The van der Waals surface area contributed by atoms with Crippen LogP contribution in [0.25, 0.3) is 0 Å². The molecule has 0 saturated heterocycles. The van der Waals surface area contributed by atoms with Crippen molar-refractivity contribution in [3.05, 3.63) is 0 Å². The van der Waals surface area contributed by atoms with Crippen LogP contribution in [0.3, 0.4) is 0 Å². The van der Waals surface area contributed by atoms with Gasteiger partial charge >= 0.3 is 6.18 Å². The van der Waals surface area contributed by atoms with Crippen molar-refractivity contribution in [1.82, 2.24) is 5.32 Å². The van der Waals surface area contributed by atoms with Gasteiger partial charge in [0.15, 0.2) is 0 Å². The summed E-state index contributed by atoms with van der Waals surface area (Å²) in [5.41, 5.74) is -0.402. The fraction of sp³-hybridized carbons (Fsp3) is 1.00. The second-order valence-corrected chi connectivity index (χ2v) is 4.22. The van der Waals surface area contributed by atoms with Crippen LogP contribution in [0.1, 0.15) is 39.5 Å². The molecule has 0 radical (unpaired) electrons. The van der Waals surface area contributed by atoms with Crippen LogP contribution in [0.5, 0.6) is 0 Å². The van der Waals surface area contributed by atoms with Crippen LogP contribution in [-0.2, 0) is 4.74 Å². The van der Waals surface area contributed by atoms with Gasteiger partial charge in [-0.2, -0.15) is 13.2 Å². The van der Waals surface area contributed by atoms with Gasteiger partial charge in [0.25, 0.3) is 0 Å². The molecule has 0 spiro atoms. The second kappa shape index (κ2) is 6.45. The molecule has 0 saturated carbocycles. The normalized spacial score (nSPS) is 18.2. The molecule has 1 N–H and O–H groups in total. The first-order valence-corrected chi connectivity index (χ1v) is 5.58. The standard InChI is InChI=1S/C11H22F3NO/c1-5-10(2,16-4)9(15-3)7-6-8-11(12,13)14/h9,15H,5-8H2,1-4H3. The number of rotatable bonds is 7. The minimum Gasteiger partial charge on any atom is -0.377 e. The van der Waals surface area contributed by atoms with E-state index in [9.17, 15) is 13.2 Å². The molecule has 2 atom stereocenters. The molecule has 0 aromatic carbocycles. The molecule has 0 aromatic rings. The molecule has 0 bridgehead atoms. The molecule has 98 valence electrons. The van der Waals surface area contributed by atoms with Crippen molar-refractivity contribution >= 4 is 0 Å². The highest BCUT2D eigenvalue weighted by Gasteiger charge is 2.33. The van der Waals surface area contributed by atoms with Gasteiger partial charge in [0.05, 0.1) is 5.60 Å². The summed E-state index contributed by atoms with van der Waals surface area (Å²) in [5.74, 6) is 0. The smallest absolute Gasteiger partial charge is 0.377 e. The topological polar surface area (TPSA) is 21.3 Å². The Labute approximate surface area is 95.5 Å². The van der Waals surface area contributed by atoms with E-state index in [-0.39, 0.29) is 12.5 Å². The lowest BCUT2D eigenvalue weighted by Gasteiger charge is -2.35. The highest BCUT2D eigenvalue weighted by atomic mass is 19.4. The minimum atomic E-state index is -4.06. The summed E-state index contributed by atoms with van der Waals surface area (Å²) in [6, 6.07) is -0.0511. The van der Waals surface area contributed by atoms with Gasteiger partial charge in [0, 0.05) is 19.6 Å². The Kier molecular flexibility index (Phi) is 6.33. The van der Waals surface area contributed by atoms with Crippen LogP contribution in [0, 0.1) is 0 Å². The van der Waals surface area contributed by atoms with Gasteiger partial charge in [0.2, 0.25) is 0 Å². The Hall–Kier alpha value is -0.290. The summed E-state index contributed by atoms with van der Waals surface area (Å²) in [7, 11) is 3.35. The summed E-state index contributed by atoms with van der Waals surface area (Å²) < 4.78 is 41.4. The van der Waals surface area contributed by atoms with Crippen LogP contribution in [0.2, 0.25) is 0 Å². The monoisotopic (exact) mass is 241 g/mol. The molecule has 0 aromatic heterocycles. The number of nitrogens with one attached hydrogen (secondary N) is 1. The molecule has 0 aliphatic rings. The van der Waals surface area contributed by atoms with Crippen LogP contribution >= 0.6 is 0 Å². The maximum Gasteiger partial charge on any atom is 0.389 e. The van der Waals surface area contributed by atoms with E-state index in [0.717, 1.165) is 6.42 Å². The van der Waals surface area contributed by atoms with E-state index < -0.39 is 18.2 Å². The average molecular weight is 241 g/mol. The molecule has 0 aliphatic heterocycles. The zero-order valence-corrected chi connectivity index (χ0v) is 10.4. The highest BCUT2D eigenvalue weighted by Crippen LogP contribution is 2.27. The van der Waals surface area contributed by atoms with Gasteiger partial charge in [-0.1, -0.05) is 6.92 Å². The fourth-order valence-electron chi connectivity index (χ4n) is 1.79. The highest BCUT2D eigenvalue weighted by molar-refractivity contribution is 4.87. The average Bonchev–Trinajstić information content (AvgIpc) is 2.22. The van der Waals surface area contributed by atoms with E-state index in [0.29, 0.717) is 6.42 Å². The quantitative estimate of drug-likeness (QED) is 0.739. The Morgan fingerprint density at radius 3 is 2.19 bits per heavy atom. The van der Waals surface area contributed by atoms with E-state index >= 15 is 0 Å². The molecule has 16 heavy (non-hydrogen) atoms. The first-order chi connectivity index (χ1) is 7.29. The van der Waals surface area contributed by atoms with Crippen molar-refractivity contribution in [2.45, 2.75) is 57.3 Å². The Morgan fingerprint density at radius 1 is 1.31 bits per heavy atom. The van der Waals surface area contributed by atoms with Gasteiger partial charge in [-0.3, -0.25) is 0 Å². The first kappa shape index (κ1) is 15.7. The molecular weight excluding hydrogens is 219 g/mol. The molecule has 2 nitrogen and oxygen atoms in total. The molecule has 0 fully saturated rings. The molecule has 0 heterocycles. The number of hydrogen-bond acceptors (Lipinski definition) is 2. The summed E-state index contributed by atoms with van der Waals surface area (Å²) in [6.07, 6.45) is -3.42. The largest absolute Gasteiger partial charge is 0.389 e. The zero-order valence-electron chi connectivity index (χ0n) is 10.4. The summed E-state index contributed by atoms with van der Waals surface area (Å²) in [5, 5.41) is 3.04. The fourth-order valence-corrected chi connectivity index (χ4v) is 1.79. The van der Waals surface area contributed by atoms with Crippen LogP contribution < -0.4 is 5.32 Å². The third-order valence-corrected chi connectivity index (χ3v) is 3.21. The predicted molar refractivity (Wildman–Crippen MR) is 58.5 cm³/mol. The lowest BCUT2D eigenvalue weighted by Crippen LogP contribution is -2.48. The lowest BCUT2D eigenvalue weighted by atomic mass is 9.89. The first-order valence-electron chi connectivity index (χ1n) is 5.58. The maximum atomic E-state index is 12.0. The predicted octanol–water partition coefficient (Wildman–Crippen LogP) is 3.12. The van der Waals surface area contributed by atoms with Crippen molar-refractivity contribution in [2.75, 3.05) is 14.2 Å². The Morgan fingerprint density at radius 2 is 1.88 bits per heavy atom. The maximum absolute atomic E-state index is 12.0. The lowest BCUT2D eigenvalue weighted by molar-refractivity contribution is -0.136. The number of hydrogen-bond donors (Lipinski definition) is 1. The number of ether oxygens (including phenoxy) is 1. The van der Waals surface area contributed by atoms with Crippen molar-refractivity contribution < 1.29 is 17.9 Å². The van der Waals surface area contributed by atoms with Gasteiger partial charge in [-0.05, 0) is 33.2 Å². The van der Waals surface area contributed by atoms with E-state index in [2.05, 4.69) is 5.32 Å². The number of likely N-dealkylation sites (N-methyl/N-ethyl adjacent to an activating group) is 1. The van der Waals surface area contributed by atoms with E-state index in [1.807, 2.05) is 13.8 Å². The summed E-state index contributed by atoms with van der Waals surface area (Å²) >= 11 is 0. The molecular formula is C11H22F3NO.